The molecule has 2 amide bonds. The Morgan fingerprint density at radius 2 is 2.05 bits per heavy atom. The van der Waals surface area contributed by atoms with Crippen molar-refractivity contribution in [2.45, 2.75) is 26.1 Å². The van der Waals surface area contributed by atoms with Crippen LogP contribution < -0.4 is 21.1 Å². The third-order valence-corrected chi connectivity index (χ3v) is 6.73. The Bertz CT molecular complexity index is 1210. The van der Waals surface area contributed by atoms with Gasteiger partial charge in [0, 0.05) is 19.0 Å². The van der Waals surface area contributed by atoms with E-state index >= 15 is 0 Å². The number of nitrogens with zero attached hydrogens (tertiary/aromatic N) is 2. The van der Waals surface area contributed by atoms with Gasteiger partial charge in [0.15, 0.2) is 0 Å². The summed E-state index contributed by atoms with van der Waals surface area (Å²) in [4.78, 5) is 33.7. The number of hydrogen-bond acceptors (Lipinski definition) is 8. The van der Waals surface area contributed by atoms with E-state index in [-0.39, 0.29) is 35.2 Å². The molecule has 4 N–H and O–H groups in total. The number of benzene rings is 1. The van der Waals surface area contributed by atoms with Gasteiger partial charge in [-0.25, -0.2) is 4.98 Å². The first-order chi connectivity index (χ1) is 17.4. The molecule has 2 rings (SSSR count). The third kappa shape index (κ3) is 8.40. The zero-order valence-electron chi connectivity index (χ0n) is 20.1. The van der Waals surface area contributed by atoms with Crippen molar-refractivity contribution < 1.29 is 32.2 Å². The number of nitrogens with two attached hydrogens (primary N) is 1. The Morgan fingerprint density at radius 3 is 2.65 bits per heavy atom. The Labute approximate surface area is 223 Å². The van der Waals surface area contributed by atoms with Crippen LogP contribution in [0.3, 0.4) is 0 Å². The summed E-state index contributed by atoms with van der Waals surface area (Å²) in [7, 11) is 1.45. The van der Waals surface area contributed by atoms with Gasteiger partial charge in [0.05, 0.1) is 34.6 Å². The lowest BCUT2D eigenvalue weighted by molar-refractivity contribution is -0.137. The summed E-state index contributed by atoms with van der Waals surface area (Å²) in [6, 6.07) is 2.14. The number of halogens is 4. The van der Waals surface area contributed by atoms with Crippen LogP contribution in [-0.4, -0.2) is 42.8 Å². The minimum atomic E-state index is -4.61. The number of anilines is 1. The summed E-state index contributed by atoms with van der Waals surface area (Å²) in [6.07, 6.45) is -2.16. The molecule has 37 heavy (non-hydrogen) atoms. The van der Waals surface area contributed by atoms with Gasteiger partial charge in [0.25, 0.3) is 11.8 Å². The highest BCUT2D eigenvalue weighted by Crippen LogP contribution is 2.35. The van der Waals surface area contributed by atoms with Crippen LogP contribution >= 0.6 is 27.3 Å². The molecule has 0 saturated carbocycles. The monoisotopic (exact) mass is 603 g/mol. The summed E-state index contributed by atoms with van der Waals surface area (Å²) in [6.45, 7) is 6.98. The fourth-order valence-electron chi connectivity index (χ4n) is 2.76. The highest BCUT2D eigenvalue weighted by atomic mass is 79.9. The number of alkyl halides is 3. The summed E-state index contributed by atoms with van der Waals surface area (Å²) < 4.78 is 50.3. The molecule has 0 aliphatic rings. The molecule has 1 atom stereocenters. The topological polar surface area (TPSA) is 128 Å². The predicted octanol–water partition coefficient (Wildman–Crippen LogP) is 4.79. The van der Waals surface area contributed by atoms with Gasteiger partial charge in [-0.05, 0) is 48.0 Å². The van der Waals surface area contributed by atoms with Gasteiger partial charge in [-0.15, -0.1) is 11.3 Å². The number of methoxy groups -OCH3 is 1. The number of carbonyl (C=O) groups is 2. The second-order valence-corrected chi connectivity index (χ2v) is 9.27. The van der Waals surface area contributed by atoms with E-state index in [4.69, 9.17) is 15.2 Å². The molecule has 0 fully saturated rings. The third-order valence-electron chi connectivity index (χ3n) is 4.56. The number of rotatable bonds is 11. The molecular weight excluding hydrogens is 579 g/mol. The quantitative estimate of drug-likeness (QED) is 0.250. The minimum Gasteiger partial charge on any atom is -0.489 e. The van der Waals surface area contributed by atoms with Crippen LogP contribution in [0.1, 0.15) is 40.1 Å². The largest absolute Gasteiger partial charge is 0.489 e. The Kier molecular flexibility index (Phi) is 10.8. The first kappa shape index (κ1) is 30.0. The lowest BCUT2D eigenvalue weighted by Crippen LogP contribution is -2.33. The summed E-state index contributed by atoms with van der Waals surface area (Å²) >= 11 is 4.17. The zero-order valence-corrected chi connectivity index (χ0v) is 22.5. The second kappa shape index (κ2) is 13.4. The van der Waals surface area contributed by atoms with Crippen molar-refractivity contribution in [1.82, 2.24) is 10.3 Å². The molecule has 1 aromatic heterocycles. The molecule has 2 aromatic rings. The molecule has 1 heterocycles. The molecule has 0 saturated heterocycles. The van der Waals surface area contributed by atoms with Crippen molar-refractivity contribution >= 4 is 50.5 Å². The van der Waals surface area contributed by atoms with Crippen molar-refractivity contribution in [3.05, 3.63) is 62.8 Å². The van der Waals surface area contributed by atoms with E-state index in [0.717, 1.165) is 29.5 Å². The Hall–Kier alpha value is -3.23. The fourth-order valence-corrected chi connectivity index (χ4v) is 3.86. The maximum Gasteiger partial charge on any atom is 0.416 e. The van der Waals surface area contributed by atoms with E-state index in [1.807, 2.05) is 0 Å². The SMILES string of the molecule is C=C/N=C(C(=O)NC(C)c1ncc(C(=O)Nc2cc(C(F)(F)F)ccc2OCCOC)s1)\C(Br)=C(/C)N. The summed E-state index contributed by atoms with van der Waals surface area (Å²) in [5, 5.41) is 5.52. The van der Waals surface area contributed by atoms with E-state index in [2.05, 4.69) is 43.1 Å². The highest BCUT2D eigenvalue weighted by molar-refractivity contribution is 9.12. The van der Waals surface area contributed by atoms with E-state index in [1.165, 1.54) is 19.5 Å². The van der Waals surface area contributed by atoms with Gasteiger partial charge in [0.2, 0.25) is 0 Å². The number of ether oxygens (including phenoxy) is 2. The van der Waals surface area contributed by atoms with E-state index in [9.17, 15) is 22.8 Å². The van der Waals surface area contributed by atoms with Gasteiger partial charge in [-0.1, -0.05) is 6.58 Å². The number of amides is 2. The summed E-state index contributed by atoms with van der Waals surface area (Å²) in [5.74, 6) is -1.21. The van der Waals surface area contributed by atoms with Crippen molar-refractivity contribution in [3.63, 3.8) is 0 Å². The van der Waals surface area contributed by atoms with Crippen LogP contribution in [0.25, 0.3) is 0 Å². The van der Waals surface area contributed by atoms with Gasteiger partial charge in [-0.2, -0.15) is 13.2 Å². The maximum atomic E-state index is 13.2. The minimum absolute atomic E-state index is 0.00178. The average Bonchev–Trinajstić information content (AvgIpc) is 3.33. The highest BCUT2D eigenvalue weighted by Gasteiger charge is 2.31. The molecule has 14 heteroatoms. The van der Waals surface area contributed by atoms with E-state index in [1.54, 1.807) is 13.8 Å². The molecular formula is C23H25BrF3N5O4S. The van der Waals surface area contributed by atoms with Gasteiger partial charge in [-0.3, -0.25) is 14.6 Å². The number of carbonyl (C=O) groups excluding carboxylic acids is 2. The molecule has 0 radical (unpaired) electrons. The van der Waals surface area contributed by atoms with Crippen molar-refractivity contribution in [2.24, 2.45) is 10.7 Å². The van der Waals surface area contributed by atoms with Crippen LogP contribution in [0.5, 0.6) is 5.75 Å². The van der Waals surface area contributed by atoms with Gasteiger partial charge in [0.1, 0.15) is 28.0 Å². The standard InChI is InChI=1S/C23H25BrF3N5O4S/c1-5-29-19(18(24)12(2)28)21(34)31-13(3)22-30-11-17(37-22)20(33)32-15-10-14(23(25,26)27)6-7-16(15)36-9-8-35-4/h5-7,10-11,13H,1,8-9,28H2,2-4H3,(H,31,34)(H,32,33)/b18-12-,29-19+. The van der Waals surface area contributed by atoms with Crippen LogP contribution in [0.4, 0.5) is 18.9 Å². The Balaban J connectivity index is 2.22. The Morgan fingerprint density at radius 1 is 1.35 bits per heavy atom. The number of allylic oxidation sites excluding steroid dienone is 1. The average molecular weight is 604 g/mol. The van der Waals surface area contributed by atoms with Gasteiger partial charge < -0.3 is 25.8 Å². The van der Waals surface area contributed by atoms with Crippen LogP contribution in [0, 0.1) is 0 Å². The zero-order chi connectivity index (χ0) is 27.8. The van der Waals surface area contributed by atoms with Gasteiger partial charge >= 0.3 is 6.18 Å². The van der Waals surface area contributed by atoms with E-state index in [0.29, 0.717) is 15.2 Å². The first-order valence-electron chi connectivity index (χ1n) is 10.6. The molecule has 0 bridgehead atoms. The van der Waals surface area contributed by atoms with Crippen LogP contribution in [0.2, 0.25) is 0 Å². The number of thiazole rings is 1. The van der Waals surface area contributed by atoms with Crippen LogP contribution in [-0.2, 0) is 15.7 Å². The number of nitrogens with one attached hydrogen (secondary N) is 2. The maximum absolute atomic E-state index is 13.2. The predicted molar refractivity (Wildman–Crippen MR) is 139 cm³/mol. The lowest BCUT2D eigenvalue weighted by Gasteiger charge is -2.15. The number of aromatic nitrogens is 1. The smallest absolute Gasteiger partial charge is 0.416 e. The number of aliphatic imine (C=N–C) groups is 1. The molecule has 9 nitrogen and oxygen atoms in total. The normalized spacial score (nSPS) is 13.4. The second-order valence-electron chi connectivity index (χ2n) is 7.42. The van der Waals surface area contributed by atoms with Crippen molar-refractivity contribution in [1.29, 1.82) is 0 Å². The molecule has 0 spiro atoms. The molecule has 1 unspecified atom stereocenters. The molecule has 0 aliphatic heterocycles. The van der Waals surface area contributed by atoms with Crippen molar-refractivity contribution in [3.8, 4) is 5.75 Å². The molecule has 200 valence electrons. The number of hydrogen-bond donors (Lipinski definition) is 3. The first-order valence-corrected chi connectivity index (χ1v) is 12.2. The molecule has 0 aliphatic carbocycles. The molecule has 1 aromatic carbocycles. The van der Waals surface area contributed by atoms with Crippen LogP contribution in [0.15, 0.2) is 52.3 Å². The fraction of sp³-hybridized carbons (Fsp3) is 0.304. The summed E-state index contributed by atoms with van der Waals surface area (Å²) in [5.41, 5.74) is 4.95. The van der Waals surface area contributed by atoms with Crippen molar-refractivity contribution in [2.75, 3.05) is 25.6 Å². The lowest BCUT2D eigenvalue weighted by atomic mass is 10.1. The van der Waals surface area contributed by atoms with E-state index < -0.39 is 29.6 Å².